The van der Waals surface area contributed by atoms with Gasteiger partial charge in [-0.25, -0.2) is 4.39 Å². The van der Waals surface area contributed by atoms with Gasteiger partial charge in [0.05, 0.1) is 19.3 Å². The van der Waals surface area contributed by atoms with E-state index in [0.29, 0.717) is 6.54 Å². The van der Waals surface area contributed by atoms with Gasteiger partial charge in [0, 0.05) is 5.69 Å². The SMILES string of the molecule is COc1ccc(Cn2nc(C)cc2C)cc1F. The van der Waals surface area contributed by atoms with E-state index < -0.39 is 0 Å². The molecule has 3 nitrogen and oxygen atoms in total. The summed E-state index contributed by atoms with van der Waals surface area (Å²) in [6.07, 6.45) is 0. The van der Waals surface area contributed by atoms with Crippen LogP contribution in [0.5, 0.6) is 5.75 Å². The first kappa shape index (κ1) is 11.6. The molecule has 0 amide bonds. The summed E-state index contributed by atoms with van der Waals surface area (Å²) in [6.45, 7) is 4.50. The second-order valence-electron chi connectivity index (χ2n) is 4.05. The molecule has 1 heterocycles. The lowest BCUT2D eigenvalue weighted by Crippen LogP contribution is -2.04. The summed E-state index contributed by atoms with van der Waals surface area (Å²) in [6, 6.07) is 6.96. The number of benzene rings is 1. The Morgan fingerprint density at radius 2 is 2.06 bits per heavy atom. The van der Waals surface area contributed by atoms with Crippen LogP contribution in [-0.4, -0.2) is 16.9 Å². The number of ether oxygens (including phenoxy) is 1. The fraction of sp³-hybridized carbons (Fsp3) is 0.308. The Hall–Kier alpha value is -1.84. The average molecular weight is 234 g/mol. The van der Waals surface area contributed by atoms with Crippen molar-refractivity contribution in [1.29, 1.82) is 0 Å². The predicted molar refractivity (Wildman–Crippen MR) is 63.8 cm³/mol. The lowest BCUT2D eigenvalue weighted by Gasteiger charge is -2.07. The van der Waals surface area contributed by atoms with Crippen LogP contribution in [0.15, 0.2) is 24.3 Å². The van der Waals surface area contributed by atoms with E-state index in [-0.39, 0.29) is 11.6 Å². The van der Waals surface area contributed by atoms with Gasteiger partial charge in [-0.05, 0) is 37.6 Å². The highest BCUT2D eigenvalue weighted by Gasteiger charge is 2.06. The number of hydrogen-bond donors (Lipinski definition) is 0. The van der Waals surface area contributed by atoms with Crippen molar-refractivity contribution in [2.24, 2.45) is 0 Å². The van der Waals surface area contributed by atoms with Crippen molar-refractivity contribution in [1.82, 2.24) is 9.78 Å². The third-order valence-electron chi connectivity index (χ3n) is 2.65. The molecule has 0 aliphatic carbocycles. The molecule has 0 unspecified atom stereocenters. The largest absolute Gasteiger partial charge is 0.494 e. The third kappa shape index (κ3) is 2.46. The molecule has 1 aromatic carbocycles. The number of halogens is 1. The lowest BCUT2D eigenvalue weighted by atomic mass is 10.2. The molecular formula is C13H15FN2O. The van der Waals surface area contributed by atoms with E-state index in [9.17, 15) is 4.39 Å². The van der Waals surface area contributed by atoms with Crippen molar-refractivity contribution in [2.75, 3.05) is 7.11 Å². The molecular weight excluding hydrogens is 219 g/mol. The smallest absolute Gasteiger partial charge is 0.165 e. The van der Waals surface area contributed by atoms with Crippen molar-refractivity contribution in [3.05, 3.63) is 47.0 Å². The maximum Gasteiger partial charge on any atom is 0.165 e. The molecule has 0 radical (unpaired) electrons. The first-order chi connectivity index (χ1) is 8.10. The first-order valence-corrected chi connectivity index (χ1v) is 5.43. The third-order valence-corrected chi connectivity index (χ3v) is 2.65. The summed E-state index contributed by atoms with van der Waals surface area (Å²) in [5, 5.41) is 4.34. The van der Waals surface area contributed by atoms with Gasteiger partial charge in [-0.1, -0.05) is 6.07 Å². The molecule has 0 saturated carbocycles. The van der Waals surface area contributed by atoms with Gasteiger partial charge in [-0.2, -0.15) is 5.10 Å². The minimum absolute atomic E-state index is 0.266. The fourth-order valence-corrected chi connectivity index (χ4v) is 1.82. The molecule has 0 aliphatic rings. The van der Waals surface area contributed by atoms with Gasteiger partial charge in [0.2, 0.25) is 0 Å². The van der Waals surface area contributed by atoms with Crippen molar-refractivity contribution in [2.45, 2.75) is 20.4 Å². The topological polar surface area (TPSA) is 27.1 Å². The minimum atomic E-state index is -0.341. The molecule has 4 heteroatoms. The number of methoxy groups -OCH3 is 1. The van der Waals surface area contributed by atoms with Crippen LogP contribution in [0.25, 0.3) is 0 Å². The molecule has 0 saturated heterocycles. The van der Waals surface area contributed by atoms with Crippen LogP contribution < -0.4 is 4.74 Å². The Labute approximate surface area is 99.8 Å². The normalized spacial score (nSPS) is 10.6. The van der Waals surface area contributed by atoms with Gasteiger partial charge in [-0.3, -0.25) is 4.68 Å². The highest BCUT2D eigenvalue weighted by atomic mass is 19.1. The van der Waals surface area contributed by atoms with Crippen LogP contribution in [0.1, 0.15) is 17.0 Å². The zero-order valence-electron chi connectivity index (χ0n) is 10.2. The molecule has 2 aromatic rings. The van der Waals surface area contributed by atoms with Crippen molar-refractivity contribution >= 4 is 0 Å². The fourth-order valence-electron chi connectivity index (χ4n) is 1.82. The quantitative estimate of drug-likeness (QED) is 0.816. The van der Waals surface area contributed by atoms with Gasteiger partial charge in [0.25, 0.3) is 0 Å². The Bertz CT molecular complexity index is 534. The number of aromatic nitrogens is 2. The van der Waals surface area contributed by atoms with E-state index in [2.05, 4.69) is 5.10 Å². The second-order valence-corrected chi connectivity index (χ2v) is 4.05. The van der Waals surface area contributed by atoms with Crippen LogP contribution in [0.2, 0.25) is 0 Å². The van der Waals surface area contributed by atoms with E-state index in [1.165, 1.54) is 13.2 Å². The molecule has 0 N–H and O–H groups in total. The number of rotatable bonds is 3. The molecule has 0 bridgehead atoms. The molecule has 2 rings (SSSR count). The van der Waals surface area contributed by atoms with Gasteiger partial charge < -0.3 is 4.74 Å². The Morgan fingerprint density at radius 1 is 1.29 bits per heavy atom. The summed E-state index contributed by atoms with van der Waals surface area (Å²) in [5.74, 6) is -0.0753. The van der Waals surface area contributed by atoms with E-state index in [1.54, 1.807) is 6.07 Å². The number of aryl methyl sites for hydroxylation is 2. The molecule has 0 atom stereocenters. The monoisotopic (exact) mass is 234 g/mol. The lowest BCUT2D eigenvalue weighted by molar-refractivity contribution is 0.386. The Morgan fingerprint density at radius 3 is 2.59 bits per heavy atom. The van der Waals surface area contributed by atoms with Crippen molar-refractivity contribution < 1.29 is 9.13 Å². The molecule has 0 aliphatic heterocycles. The minimum Gasteiger partial charge on any atom is -0.494 e. The summed E-state index contributed by atoms with van der Waals surface area (Å²) >= 11 is 0. The van der Waals surface area contributed by atoms with Crippen LogP contribution in [0.3, 0.4) is 0 Å². The zero-order chi connectivity index (χ0) is 12.4. The molecule has 17 heavy (non-hydrogen) atoms. The number of nitrogens with zero attached hydrogens (tertiary/aromatic N) is 2. The summed E-state index contributed by atoms with van der Waals surface area (Å²) in [4.78, 5) is 0. The second kappa shape index (κ2) is 4.57. The van der Waals surface area contributed by atoms with Crippen molar-refractivity contribution in [3.63, 3.8) is 0 Å². The molecule has 0 fully saturated rings. The Balaban J connectivity index is 2.24. The van der Waals surface area contributed by atoms with E-state index in [4.69, 9.17) is 4.74 Å². The van der Waals surface area contributed by atoms with Gasteiger partial charge in [-0.15, -0.1) is 0 Å². The Kier molecular flexibility index (Phi) is 3.13. The van der Waals surface area contributed by atoms with Crippen LogP contribution in [-0.2, 0) is 6.54 Å². The summed E-state index contributed by atoms with van der Waals surface area (Å²) < 4.78 is 20.2. The summed E-state index contributed by atoms with van der Waals surface area (Å²) in [5.41, 5.74) is 2.91. The molecule has 1 aromatic heterocycles. The molecule has 90 valence electrons. The van der Waals surface area contributed by atoms with Gasteiger partial charge in [0.15, 0.2) is 11.6 Å². The van der Waals surface area contributed by atoms with Gasteiger partial charge in [0.1, 0.15) is 0 Å². The van der Waals surface area contributed by atoms with E-state index in [1.807, 2.05) is 30.7 Å². The average Bonchev–Trinajstić information content (AvgIpc) is 2.58. The van der Waals surface area contributed by atoms with E-state index >= 15 is 0 Å². The summed E-state index contributed by atoms with van der Waals surface area (Å²) in [7, 11) is 1.46. The zero-order valence-corrected chi connectivity index (χ0v) is 10.2. The number of hydrogen-bond acceptors (Lipinski definition) is 2. The standard InChI is InChI=1S/C13H15FN2O/c1-9-6-10(2)16(15-9)8-11-4-5-13(17-3)12(14)7-11/h4-7H,8H2,1-3H3. The van der Waals surface area contributed by atoms with E-state index in [0.717, 1.165) is 17.0 Å². The maximum absolute atomic E-state index is 13.5. The van der Waals surface area contributed by atoms with Crippen LogP contribution in [0, 0.1) is 19.7 Å². The van der Waals surface area contributed by atoms with Gasteiger partial charge >= 0.3 is 0 Å². The highest BCUT2D eigenvalue weighted by molar-refractivity contribution is 5.29. The van der Waals surface area contributed by atoms with Crippen LogP contribution >= 0.6 is 0 Å². The van der Waals surface area contributed by atoms with Crippen molar-refractivity contribution in [3.8, 4) is 5.75 Å². The first-order valence-electron chi connectivity index (χ1n) is 5.43. The maximum atomic E-state index is 13.5. The van der Waals surface area contributed by atoms with Crippen LogP contribution in [0.4, 0.5) is 4.39 Å². The predicted octanol–water partition coefficient (Wildman–Crippen LogP) is 2.70. The highest BCUT2D eigenvalue weighted by Crippen LogP contribution is 2.18. The molecule has 0 spiro atoms.